The van der Waals surface area contributed by atoms with Crippen molar-refractivity contribution in [1.29, 1.82) is 0 Å². The average molecular weight is 222 g/mol. The molecule has 1 N–H and O–H groups in total. The quantitative estimate of drug-likeness (QED) is 0.693. The highest BCUT2D eigenvalue weighted by molar-refractivity contribution is 6.05. The van der Waals surface area contributed by atoms with Gasteiger partial charge in [0.1, 0.15) is 0 Å². The van der Waals surface area contributed by atoms with Gasteiger partial charge in [-0.15, -0.1) is 0 Å². The number of carbonyl (C=O) groups is 2. The predicted molar refractivity (Wildman–Crippen MR) is 58.6 cm³/mol. The molecule has 2 amide bonds. The Morgan fingerprint density at radius 2 is 1.75 bits per heavy atom. The lowest BCUT2D eigenvalue weighted by molar-refractivity contribution is -0.140. The van der Waals surface area contributed by atoms with Crippen LogP contribution in [-0.4, -0.2) is 35.8 Å². The molecule has 3 aliphatic rings. The molecule has 2 aliphatic heterocycles. The van der Waals surface area contributed by atoms with Crippen LogP contribution in [-0.2, 0) is 9.59 Å². The number of rotatable bonds is 2. The Hall–Kier alpha value is -0.900. The van der Waals surface area contributed by atoms with Crippen molar-refractivity contribution in [1.82, 2.24) is 10.2 Å². The van der Waals surface area contributed by atoms with Crippen LogP contribution < -0.4 is 5.32 Å². The Kier molecular flexibility index (Phi) is 2.46. The second-order valence-electron chi connectivity index (χ2n) is 5.22. The molecule has 2 saturated heterocycles. The van der Waals surface area contributed by atoms with Crippen LogP contribution in [0.1, 0.15) is 32.1 Å². The molecule has 0 bridgehead atoms. The maximum atomic E-state index is 12.1. The van der Waals surface area contributed by atoms with E-state index in [9.17, 15) is 9.59 Å². The summed E-state index contributed by atoms with van der Waals surface area (Å²) in [5, 5.41) is 3.34. The lowest BCUT2D eigenvalue weighted by atomic mass is 10.00. The Bertz CT molecular complexity index is 301. The van der Waals surface area contributed by atoms with E-state index >= 15 is 0 Å². The van der Waals surface area contributed by atoms with Gasteiger partial charge in [-0.3, -0.25) is 14.5 Å². The van der Waals surface area contributed by atoms with Crippen molar-refractivity contribution in [2.45, 2.75) is 38.1 Å². The number of hydrogen-bond acceptors (Lipinski definition) is 3. The van der Waals surface area contributed by atoms with E-state index in [1.165, 1.54) is 4.90 Å². The number of nitrogens with one attached hydrogen (secondary N) is 1. The summed E-state index contributed by atoms with van der Waals surface area (Å²) in [6.07, 6.45) is 5.14. The maximum Gasteiger partial charge on any atom is 0.233 e. The van der Waals surface area contributed by atoms with E-state index < -0.39 is 0 Å². The molecule has 3 atom stereocenters. The lowest BCUT2D eigenvalue weighted by Gasteiger charge is -2.20. The van der Waals surface area contributed by atoms with Gasteiger partial charge in [0.25, 0.3) is 0 Å². The van der Waals surface area contributed by atoms with Crippen LogP contribution in [0.4, 0.5) is 0 Å². The summed E-state index contributed by atoms with van der Waals surface area (Å²) >= 11 is 0. The summed E-state index contributed by atoms with van der Waals surface area (Å²) < 4.78 is 0. The minimum absolute atomic E-state index is 0.0221. The minimum Gasteiger partial charge on any atom is -0.312 e. The molecule has 3 unspecified atom stereocenters. The fourth-order valence-electron chi connectivity index (χ4n) is 3.37. The van der Waals surface area contributed by atoms with E-state index in [4.69, 9.17) is 0 Å². The molecule has 0 aromatic rings. The molecule has 3 fully saturated rings. The molecule has 88 valence electrons. The van der Waals surface area contributed by atoms with Crippen molar-refractivity contribution < 1.29 is 9.59 Å². The first-order chi connectivity index (χ1) is 7.77. The minimum atomic E-state index is 0.0221. The zero-order valence-corrected chi connectivity index (χ0v) is 9.45. The van der Waals surface area contributed by atoms with Crippen LogP contribution >= 0.6 is 0 Å². The van der Waals surface area contributed by atoms with Gasteiger partial charge in [-0.1, -0.05) is 6.42 Å². The first kappa shape index (κ1) is 10.3. The first-order valence-electron chi connectivity index (χ1n) is 6.36. The Balaban J connectivity index is 1.71. The molecule has 0 aromatic heterocycles. The van der Waals surface area contributed by atoms with Crippen molar-refractivity contribution in [2.75, 3.05) is 13.1 Å². The van der Waals surface area contributed by atoms with E-state index in [2.05, 4.69) is 5.32 Å². The zero-order chi connectivity index (χ0) is 11.1. The molecule has 0 spiro atoms. The fourth-order valence-corrected chi connectivity index (χ4v) is 3.37. The molecule has 0 radical (unpaired) electrons. The largest absolute Gasteiger partial charge is 0.312 e. The van der Waals surface area contributed by atoms with Crippen LogP contribution in [0.2, 0.25) is 0 Å². The number of hydrogen-bond donors (Lipinski definition) is 1. The monoisotopic (exact) mass is 222 g/mol. The Labute approximate surface area is 95.4 Å². The van der Waals surface area contributed by atoms with Crippen LogP contribution in [0.25, 0.3) is 0 Å². The van der Waals surface area contributed by atoms with E-state index in [1.807, 2.05) is 0 Å². The molecule has 16 heavy (non-hydrogen) atoms. The number of nitrogens with zero attached hydrogens (tertiary/aromatic N) is 1. The van der Waals surface area contributed by atoms with Crippen molar-refractivity contribution >= 4 is 11.8 Å². The lowest BCUT2D eigenvalue weighted by Crippen LogP contribution is -2.41. The van der Waals surface area contributed by atoms with Gasteiger partial charge >= 0.3 is 0 Å². The number of imide groups is 1. The van der Waals surface area contributed by atoms with Crippen molar-refractivity contribution in [3.05, 3.63) is 0 Å². The molecule has 2 heterocycles. The SMILES string of the molecule is O=C1C2CCCC2C(=O)N1CC1CCCN1. The number of carbonyl (C=O) groups excluding carboxylic acids is 2. The van der Waals surface area contributed by atoms with E-state index in [1.54, 1.807) is 0 Å². The van der Waals surface area contributed by atoms with Crippen LogP contribution in [0.3, 0.4) is 0 Å². The molecule has 4 heteroatoms. The van der Waals surface area contributed by atoms with Crippen molar-refractivity contribution in [3.63, 3.8) is 0 Å². The Morgan fingerprint density at radius 3 is 2.31 bits per heavy atom. The second-order valence-corrected chi connectivity index (χ2v) is 5.22. The summed E-state index contributed by atoms with van der Waals surface area (Å²) in [5.74, 6) is 0.241. The predicted octanol–water partition coefficient (Wildman–Crippen LogP) is 0.523. The fraction of sp³-hybridized carbons (Fsp3) is 0.833. The number of likely N-dealkylation sites (tertiary alicyclic amines) is 1. The third kappa shape index (κ3) is 1.47. The van der Waals surface area contributed by atoms with Crippen LogP contribution in [0.5, 0.6) is 0 Å². The Morgan fingerprint density at radius 1 is 1.06 bits per heavy atom. The van der Waals surface area contributed by atoms with Crippen LogP contribution in [0, 0.1) is 11.8 Å². The average Bonchev–Trinajstić information content (AvgIpc) is 2.97. The summed E-state index contributed by atoms with van der Waals surface area (Å²) in [7, 11) is 0. The third-order valence-corrected chi connectivity index (χ3v) is 4.25. The first-order valence-corrected chi connectivity index (χ1v) is 6.36. The smallest absolute Gasteiger partial charge is 0.233 e. The van der Waals surface area contributed by atoms with Gasteiger partial charge in [0, 0.05) is 12.6 Å². The van der Waals surface area contributed by atoms with Gasteiger partial charge in [0.15, 0.2) is 0 Å². The molecule has 0 aromatic carbocycles. The standard InChI is InChI=1S/C12H18N2O2/c15-11-9-4-1-5-10(9)12(16)14(11)7-8-3-2-6-13-8/h8-10,13H,1-7H2. The third-order valence-electron chi connectivity index (χ3n) is 4.25. The maximum absolute atomic E-state index is 12.1. The molecule has 1 saturated carbocycles. The normalized spacial score (nSPS) is 38.5. The highest BCUT2D eigenvalue weighted by Crippen LogP contribution is 2.39. The molecular weight excluding hydrogens is 204 g/mol. The van der Waals surface area contributed by atoms with E-state index in [-0.39, 0.29) is 23.7 Å². The molecule has 1 aliphatic carbocycles. The highest BCUT2D eigenvalue weighted by Gasteiger charge is 2.49. The molecule has 3 rings (SSSR count). The van der Waals surface area contributed by atoms with Gasteiger partial charge in [-0.25, -0.2) is 0 Å². The van der Waals surface area contributed by atoms with Gasteiger partial charge in [-0.05, 0) is 32.2 Å². The molecule has 4 nitrogen and oxygen atoms in total. The second kappa shape index (κ2) is 3.84. The van der Waals surface area contributed by atoms with Gasteiger partial charge in [0.05, 0.1) is 11.8 Å². The number of fused-ring (bicyclic) bond motifs is 1. The van der Waals surface area contributed by atoms with Crippen molar-refractivity contribution in [3.8, 4) is 0 Å². The summed E-state index contributed by atoms with van der Waals surface area (Å²) in [6.45, 7) is 1.62. The van der Waals surface area contributed by atoms with E-state index in [0.717, 1.165) is 38.6 Å². The number of amides is 2. The summed E-state index contributed by atoms with van der Waals surface area (Å²) in [6, 6.07) is 0.340. The van der Waals surface area contributed by atoms with Crippen LogP contribution in [0.15, 0.2) is 0 Å². The molecular formula is C12H18N2O2. The summed E-state index contributed by atoms with van der Waals surface area (Å²) in [4.78, 5) is 25.7. The summed E-state index contributed by atoms with van der Waals surface area (Å²) in [5.41, 5.74) is 0. The van der Waals surface area contributed by atoms with E-state index in [0.29, 0.717) is 12.6 Å². The van der Waals surface area contributed by atoms with Gasteiger partial charge < -0.3 is 5.32 Å². The highest BCUT2D eigenvalue weighted by atomic mass is 16.2. The topological polar surface area (TPSA) is 49.4 Å². The van der Waals surface area contributed by atoms with Crippen molar-refractivity contribution in [2.24, 2.45) is 11.8 Å². The zero-order valence-electron chi connectivity index (χ0n) is 9.45. The van der Waals surface area contributed by atoms with Gasteiger partial charge in [0.2, 0.25) is 11.8 Å². The van der Waals surface area contributed by atoms with Gasteiger partial charge in [-0.2, -0.15) is 0 Å².